The van der Waals surface area contributed by atoms with Crippen LogP contribution in [0.5, 0.6) is 0 Å². The van der Waals surface area contributed by atoms with Crippen molar-refractivity contribution < 1.29 is 5.21 Å². The second kappa shape index (κ2) is 6.50. The number of rotatable bonds is 6. The molecule has 4 nitrogen and oxygen atoms in total. The zero-order chi connectivity index (χ0) is 12.0. The third kappa shape index (κ3) is 4.20. The van der Waals surface area contributed by atoms with Crippen molar-refractivity contribution in [2.45, 2.75) is 26.3 Å². The van der Waals surface area contributed by atoms with E-state index in [1.807, 2.05) is 0 Å². The number of hydrogen-bond acceptors (Lipinski definition) is 4. The number of nitrogens with two attached hydrogens (primary N) is 1. The third-order valence-electron chi connectivity index (χ3n) is 2.49. The van der Waals surface area contributed by atoms with E-state index >= 15 is 0 Å². The van der Waals surface area contributed by atoms with Crippen molar-refractivity contribution >= 4 is 17.2 Å². The second-order valence-electron chi connectivity index (χ2n) is 4.04. The Kier molecular flexibility index (Phi) is 5.28. The highest BCUT2D eigenvalue weighted by atomic mass is 32.1. The molecule has 0 atom stereocenters. The van der Waals surface area contributed by atoms with Crippen molar-refractivity contribution in [2.24, 2.45) is 10.9 Å². The molecule has 1 aromatic heterocycles. The molecule has 16 heavy (non-hydrogen) atoms. The summed E-state index contributed by atoms with van der Waals surface area (Å²) in [6.45, 7) is 5.65. The molecule has 0 radical (unpaired) electrons. The summed E-state index contributed by atoms with van der Waals surface area (Å²) in [5.41, 5.74) is 6.86. The zero-order valence-corrected chi connectivity index (χ0v) is 10.6. The lowest BCUT2D eigenvalue weighted by atomic mass is 10.2. The van der Waals surface area contributed by atoms with E-state index in [2.05, 4.69) is 40.7 Å². The van der Waals surface area contributed by atoms with Crippen LogP contribution in [0.4, 0.5) is 0 Å². The average Bonchev–Trinajstić information content (AvgIpc) is 2.76. The molecule has 0 fully saturated rings. The standard InChI is InChI=1S/C11H19N3OS/c1-9(2)14(7-11(12)13-15)5-3-10-4-6-16-8-10/h4,6,8-9,15H,3,5,7H2,1-2H3,(H2,12,13). The van der Waals surface area contributed by atoms with E-state index in [9.17, 15) is 0 Å². The Morgan fingerprint density at radius 3 is 2.88 bits per heavy atom. The summed E-state index contributed by atoms with van der Waals surface area (Å²) < 4.78 is 0. The van der Waals surface area contributed by atoms with Crippen LogP contribution in [-0.2, 0) is 6.42 Å². The van der Waals surface area contributed by atoms with Crippen molar-refractivity contribution in [3.05, 3.63) is 22.4 Å². The molecular formula is C11H19N3OS. The Balaban J connectivity index is 2.45. The van der Waals surface area contributed by atoms with Gasteiger partial charge in [-0.1, -0.05) is 5.16 Å². The minimum absolute atomic E-state index is 0.263. The normalized spacial score (nSPS) is 12.6. The van der Waals surface area contributed by atoms with Crippen LogP contribution in [0.25, 0.3) is 0 Å². The first-order valence-corrected chi connectivity index (χ1v) is 6.29. The quantitative estimate of drug-likeness (QED) is 0.345. The number of hydrogen-bond donors (Lipinski definition) is 2. The van der Waals surface area contributed by atoms with Crippen LogP contribution in [0, 0.1) is 0 Å². The van der Waals surface area contributed by atoms with Crippen LogP contribution in [0.2, 0.25) is 0 Å². The fraction of sp³-hybridized carbons (Fsp3) is 0.545. The van der Waals surface area contributed by atoms with Gasteiger partial charge in [0, 0.05) is 12.6 Å². The smallest absolute Gasteiger partial charge is 0.153 e. The van der Waals surface area contributed by atoms with Crippen LogP contribution in [0.1, 0.15) is 19.4 Å². The highest BCUT2D eigenvalue weighted by Crippen LogP contribution is 2.08. The highest BCUT2D eigenvalue weighted by molar-refractivity contribution is 7.07. The van der Waals surface area contributed by atoms with Crippen LogP contribution in [0.15, 0.2) is 22.0 Å². The Labute approximate surface area is 100 Å². The molecule has 0 amide bonds. The maximum Gasteiger partial charge on any atom is 0.153 e. The van der Waals surface area contributed by atoms with Gasteiger partial charge in [-0.15, -0.1) is 0 Å². The molecule has 0 spiro atoms. The fourth-order valence-electron chi connectivity index (χ4n) is 1.47. The van der Waals surface area contributed by atoms with Gasteiger partial charge in [0.15, 0.2) is 5.84 Å². The first-order chi connectivity index (χ1) is 7.63. The summed E-state index contributed by atoms with van der Waals surface area (Å²) in [5.74, 6) is 0.263. The Morgan fingerprint density at radius 1 is 1.62 bits per heavy atom. The molecule has 1 aromatic rings. The predicted octanol–water partition coefficient (Wildman–Crippen LogP) is 1.75. The Hall–Kier alpha value is -1.07. The molecule has 0 aliphatic carbocycles. The Bertz CT molecular complexity index is 322. The van der Waals surface area contributed by atoms with Gasteiger partial charge in [0.2, 0.25) is 0 Å². The molecule has 0 aromatic carbocycles. The van der Waals surface area contributed by atoms with Crippen molar-refractivity contribution in [3.63, 3.8) is 0 Å². The van der Waals surface area contributed by atoms with Crippen molar-refractivity contribution in [3.8, 4) is 0 Å². The van der Waals surface area contributed by atoms with Gasteiger partial charge >= 0.3 is 0 Å². The third-order valence-corrected chi connectivity index (χ3v) is 3.22. The van der Waals surface area contributed by atoms with E-state index in [0.717, 1.165) is 13.0 Å². The molecule has 3 N–H and O–H groups in total. The summed E-state index contributed by atoms with van der Waals surface area (Å²) in [7, 11) is 0. The number of nitrogens with zero attached hydrogens (tertiary/aromatic N) is 2. The molecule has 0 saturated heterocycles. The molecule has 1 rings (SSSR count). The summed E-state index contributed by atoms with van der Waals surface area (Å²) in [6.07, 6.45) is 1.00. The van der Waals surface area contributed by atoms with Gasteiger partial charge in [-0.3, -0.25) is 4.90 Å². The molecule has 0 saturated carbocycles. The van der Waals surface area contributed by atoms with Crippen molar-refractivity contribution in [2.75, 3.05) is 13.1 Å². The molecule has 90 valence electrons. The molecule has 1 heterocycles. The second-order valence-corrected chi connectivity index (χ2v) is 4.82. The Morgan fingerprint density at radius 2 is 2.38 bits per heavy atom. The average molecular weight is 241 g/mol. The van der Waals surface area contributed by atoms with Gasteiger partial charge in [0.05, 0.1) is 6.54 Å². The summed E-state index contributed by atoms with van der Waals surface area (Å²) in [4.78, 5) is 2.19. The largest absolute Gasteiger partial charge is 0.409 e. The molecule has 0 aliphatic rings. The first kappa shape index (κ1) is 13.0. The maximum absolute atomic E-state index is 8.56. The first-order valence-electron chi connectivity index (χ1n) is 5.35. The predicted molar refractivity (Wildman–Crippen MR) is 68.1 cm³/mol. The SMILES string of the molecule is CC(C)N(CCc1ccsc1)CC(N)=NO. The van der Waals surface area contributed by atoms with Crippen LogP contribution >= 0.6 is 11.3 Å². The molecule has 5 heteroatoms. The van der Waals surface area contributed by atoms with Gasteiger partial charge in [0.25, 0.3) is 0 Å². The lowest BCUT2D eigenvalue weighted by Gasteiger charge is -2.25. The summed E-state index contributed by atoms with van der Waals surface area (Å²) >= 11 is 1.71. The fourth-order valence-corrected chi connectivity index (χ4v) is 2.17. The monoisotopic (exact) mass is 241 g/mol. The van der Waals surface area contributed by atoms with Crippen LogP contribution in [-0.4, -0.2) is 35.1 Å². The molecule has 0 bridgehead atoms. The van der Waals surface area contributed by atoms with Crippen molar-refractivity contribution in [1.29, 1.82) is 0 Å². The topological polar surface area (TPSA) is 61.8 Å². The van der Waals surface area contributed by atoms with Gasteiger partial charge in [-0.25, -0.2) is 0 Å². The minimum Gasteiger partial charge on any atom is -0.409 e. The van der Waals surface area contributed by atoms with Crippen LogP contribution in [0.3, 0.4) is 0 Å². The van der Waals surface area contributed by atoms with E-state index < -0.39 is 0 Å². The molecule has 0 unspecified atom stereocenters. The molecule has 0 aliphatic heterocycles. The van der Waals surface area contributed by atoms with E-state index in [1.165, 1.54) is 5.56 Å². The van der Waals surface area contributed by atoms with Gasteiger partial charge < -0.3 is 10.9 Å². The van der Waals surface area contributed by atoms with E-state index in [-0.39, 0.29) is 5.84 Å². The minimum atomic E-state index is 0.263. The van der Waals surface area contributed by atoms with E-state index in [0.29, 0.717) is 12.6 Å². The van der Waals surface area contributed by atoms with Crippen LogP contribution < -0.4 is 5.73 Å². The number of oxime groups is 1. The van der Waals surface area contributed by atoms with Gasteiger partial charge in [-0.2, -0.15) is 11.3 Å². The highest BCUT2D eigenvalue weighted by Gasteiger charge is 2.11. The van der Waals surface area contributed by atoms with E-state index in [1.54, 1.807) is 11.3 Å². The zero-order valence-electron chi connectivity index (χ0n) is 9.76. The lowest BCUT2D eigenvalue weighted by molar-refractivity contribution is 0.249. The maximum atomic E-state index is 8.56. The summed E-state index contributed by atoms with van der Waals surface area (Å²) in [5, 5.41) is 15.8. The number of thiophene rings is 1. The van der Waals surface area contributed by atoms with Crippen molar-refractivity contribution in [1.82, 2.24) is 4.90 Å². The van der Waals surface area contributed by atoms with E-state index in [4.69, 9.17) is 10.9 Å². The van der Waals surface area contributed by atoms with Gasteiger partial charge in [-0.05, 0) is 42.7 Å². The molecular weight excluding hydrogens is 222 g/mol. The summed E-state index contributed by atoms with van der Waals surface area (Å²) in [6, 6.07) is 2.52. The van der Waals surface area contributed by atoms with Gasteiger partial charge in [0.1, 0.15) is 0 Å². The number of amidine groups is 1. The lowest BCUT2D eigenvalue weighted by Crippen LogP contribution is -2.39.